The molecule has 0 saturated carbocycles. The van der Waals surface area contributed by atoms with Gasteiger partial charge < -0.3 is 9.88 Å². The third-order valence-corrected chi connectivity index (χ3v) is 4.49. The Balaban J connectivity index is 2.34. The number of carbonyl (C=O) groups is 1. The molecule has 2 aromatic rings. The lowest BCUT2D eigenvalue weighted by atomic mass is 10.1. The minimum absolute atomic E-state index is 0.122. The van der Waals surface area contributed by atoms with E-state index in [-0.39, 0.29) is 10.8 Å². The van der Waals surface area contributed by atoms with Crippen LogP contribution in [-0.4, -0.2) is 10.5 Å². The number of amides is 1. The topological polar surface area (TPSA) is 51.1 Å². The number of aromatic nitrogens is 1. The monoisotopic (exact) mass is 276 g/mol. The number of hydrogen-bond acceptors (Lipinski definition) is 3. The van der Waals surface area contributed by atoms with E-state index >= 15 is 0 Å². The van der Waals surface area contributed by atoms with Gasteiger partial charge in [0.1, 0.15) is 4.88 Å². The van der Waals surface area contributed by atoms with Crippen LogP contribution < -0.4 is 10.2 Å². The molecule has 0 aliphatic rings. The molecule has 0 unspecified atom stereocenters. The normalized spacial score (nSPS) is 10.5. The van der Waals surface area contributed by atoms with Crippen LogP contribution in [0.3, 0.4) is 0 Å². The van der Waals surface area contributed by atoms with Gasteiger partial charge in [-0.3, -0.25) is 9.59 Å². The number of nitrogens with zero attached hydrogens (tertiary/aromatic N) is 1. The van der Waals surface area contributed by atoms with Crippen molar-refractivity contribution in [2.24, 2.45) is 7.05 Å². The van der Waals surface area contributed by atoms with Crippen molar-refractivity contribution in [2.75, 3.05) is 5.32 Å². The summed E-state index contributed by atoms with van der Waals surface area (Å²) in [6.07, 6.45) is 0. The molecular weight excluding hydrogens is 260 g/mol. The van der Waals surface area contributed by atoms with Crippen LogP contribution in [-0.2, 0) is 7.05 Å². The summed E-state index contributed by atoms with van der Waals surface area (Å²) in [4.78, 5) is 24.1. The zero-order valence-corrected chi connectivity index (χ0v) is 12.2. The van der Waals surface area contributed by atoms with Gasteiger partial charge in [-0.25, -0.2) is 0 Å². The Morgan fingerprint density at radius 2 is 1.95 bits per heavy atom. The summed E-state index contributed by atoms with van der Waals surface area (Å²) in [5.41, 5.74) is 3.64. The van der Waals surface area contributed by atoms with E-state index in [0.29, 0.717) is 10.6 Å². The van der Waals surface area contributed by atoms with Crippen LogP contribution in [0.25, 0.3) is 0 Å². The maximum Gasteiger partial charge on any atom is 0.307 e. The molecule has 0 saturated heterocycles. The first-order valence-electron chi connectivity index (χ1n) is 5.95. The van der Waals surface area contributed by atoms with Crippen molar-refractivity contribution in [1.82, 2.24) is 4.57 Å². The van der Waals surface area contributed by atoms with Crippen molar-refractivity contribution in [3.8, 4) is 0 Å². The Kier molecular flexibility index (Phi) is 3.57. The zero-order valence-electron chi connectivity index (χ0n) is 11.4. The Labute approximate surface area is 115 Å². The average molecular weight is 276 g/mol. The fraction of sp³-hybridized carbons (Fsp3) is 0.286. The highest BCUT2D eigenvalue weighted by atomic mass is 32.1. The van der Waals surface area contributed by atoms with Crippen LogP contribution in [0, 0.1) is 20.8 Å². The number of hydrogen-bond donors (Lipinski definition) is 1. The molecule has 4 nitrogen and oxygen atoms in total. The third kappa shape index (κ3) is 2.46. The number of thiazole rings is 1. The molecule has 1 heterocycles. The smallest absolute Gasteiger partial charge is 0.307 e. The molecule has 1 aromatic heterocycles. The minimum Gasteiger partial charge on any atom is -0.321 e. The summed E-state index contributed by atoms with van der Waals surface area (Å²) in [5, 5.41) is 2.87. The number of nitrogens with one attached hydrogen (secondary N) is 1. The van der Waals surface area contributed by atoms with Crippen molar-refractivity contribution in [2.45, 2.75) is 20.8 Å². The van der Waals surface area contributed by atoms with Crippen LogP contribution in [0.15, 0.2) is 23.0 Å². The Hall–Kier alpha value is -1.88. The van der Waals surface area contributed by atoms with Gasteiger partial charge in [0.05, 0.1) is 0 Å². The molecule has 1 amide bonds. The van der Waals surface area contributed by atoms with E-state index in [9.17, 15) is 9.59 Å². The standard InChI is InChI=1S/C14H16N2O2S/c1-8-6-5-7-11(9(8)2)15-13(17)12-10(3)16(4)14(18)19-12/h5-7H,1-4H3,(H,15,17). The highest BCUT2D eigenvalue weighted by Gasteiger charge is 2.16. The van der Waals surface area contributed by atoms with Crippen molar-refractivity contribution in [1.29, 1.82) is 0 Å². The molecule has 5 heteroatoms. The van der Waals surface area contributed by atoms with Crippen molar-refractivity contribution >= 4 is 22.9 Å². The highest BCUT2D eigenvalue weighted by molar-refractivity contribution is 7.11. The van der Waals surface area contributed by atoms with Gasteiger partial charge >= 0.3 is 4.87 Å². The maximum absolute atomic E-state index is 12.2. The fourth-order valence-electron chi connectivity index (χ4n) is 1.80. The quantitative estimate of drug-likeness (QED) is 0.916. The number of aryl methyl sites for hydroxylation is 1. The summed E-state index contributed by atoms with van der Waals surface area (Å²) >= 11 is 0.974. The first-order valence-corrected chi connectivity index (χ1v) is 6.77. The van der Waals surface area contributed by atoms with Gasteiger partial charge in [0, 0.05) is 18.4 Å². The molecule has 0 spiro atoms. The van der Waals surface area contributed by atoms with Crippen LogP contribution in [0.4, 0.5) is 5.69 Å². The van der Waals surface area contributed by atoms with Gasteiger partial charge in [-0.1, -0.05) is 23.5 Å². The van der Waals surface area contributed by atoms with Crippen molar-refractivity contribution in [3.63, 3.8) is 0 Å². The number of rotatable bonds is 2. The lowest BCUT2D eigenvalue weighted by Gasteiger charge is -2.09. The van der Waals surface area contributed by atoms with E-state index in [1.807, 2.05) is 32.0 Å². The maximum atomic E-state index is 12.2. The second-order valence-electron chi connectivity index (χ2n) is 4.54. The molecule has 0 atom stereocenters. The first kappa shape index (κ1) is 13.5. The molecular formula is C14H16N2O2S. The molecule has 0 aliphatic carbocycles. The van der Waals surface area contributed by atoms with Crippen molar-refractivity contribution < 1.29 is 4.79 Å². The molecule has 0 fully saturated rings. The summed E-state index contributed by atoms with van der Waals surface area (Å²) in [6, 6.07) is 5.76. The Morgan fingerprint density at radius 1 is 1.26 bits per heavy atom. The molecule has 0 radical (unpaired) electrons. The molecule has 100 valence electrons. The average Bonchev–Trinajstić information content (AvgIpc) is 2.63. The van der Waals surface area contributed by atoms with Gasteiger partial charge in [0.15, 0.2) is 0 Å². The second kappa shape index (κ2) is 5.01. The van der Waals surface area contributed by atoms with Gasteiger partial charge in [-0.05, 0) is 38.0 Å². The number of benzene rings is 1. The molecule has 19 heavy (non-hydrogen) atoms. The highest BCUT2D eigenvalue weighted by Crippen LogP contribution is 2.20. The number of anilines is 1. The van der Waals surface area contributed by atoms with Crippen LogP contribution in [0.5, 0.6) is 0 Å². The van der Waals surface area contributed by atoms with Crippen LogP contribution in [0.1, 0.15) is 26.5 Å². The predicted octanol–water partition coefficient (Wildman–Crippen LogP) is 2.62. The van der Waals surface area contributed by atoms with E-state index in [1.165, 1.54) is 4.57 Å². The van der Waals surface area contributed by atoms with Crippen molar-refractivity contribution in [3.05, 3.63) is 49.6 Å². The Morgan fingerprint density at radius 3 is 2.53 bits per heavy atom. The Bertz CT molecular complexity index is 698. The largest absolute Gasteiger partial charge is 0.321 e. The van der Waals surface area contributed by atoms with E-state index < -0.39 is 0 Å². The molecule has 1 aromatic carbocycles. The predicted molar refractivity (Wildman–Crippen MR) is 78.2 cm³/mol. The summed E-state index contributed by atoms with van der Waals surface area (Å²) in [6.45, 7) is 5.73. The molecule has 1 N–H and O–H groups in total. The molecule has 2 rings (SSSR count). The molecule has 0 aliphatic heterocycles. The minimum atomic E-state index is -0.228. The van der Waals surface area contributed by atoms with Gasteiger partial charge in [-0.2, -0.15) is 0 Å². The number of carbonyl (C=O) groups excluding carboxylic acids is 1. The SMILES string of the molecule is Cc1cccc(NC(=O)c2sc(=O)n(C)c2C)c1C. The van der Waals surface area contributed by atoms with E-state index in [0.717, 1.165) is 28.2 Å². The lowest BCUT2D eigenvalue weighted by Crippen LogP contribution is -2.13. The summed E-state index contributed by atoms with van der Waals surface area (Å²) in [5.74, 6) is -0.228. The van der Waals surface area contributed by atoms with Crippen LogP contribution in [0.2, 0.25) is 0 Å². The first-order chi connectivity index (χ1) is 8.91. The van der Waals surface area contributed by atoms with Gasteiger partial charge in [0.2, 0.25) is 0 Å². The summed E-state index contributed by atoms with van der Waals surface area (Å²) in [7, 11) is 1.67. The van der Waals surface area contributed by atoms with Gasteiger partial charge in [-0.15, -0.1) is 0 Å². The second-order valence-corrected chi connectivity index (χ2v) is 5.50. The van der Waals surface area contributed by atoms with E-state index in [4.69, 9.17) is 0 Å². The van der Waals surface area contributed by atoms with Crippen LogP contribution >= 0.6 is 11.3 Å². The lowest BCUT2D eigenvalue weighted by molar-refractivity contribution is 0.102. The van der Waals surface area contributed by atoms with Gasteiger partial charge in [0.25, 0.3) is 5.91 Å². The summed E-state index contributed by atoms with van der Waals surface area (Å²) < 4.78 is 1.49. The fourth-order valence-corrected chi connectivity index (χ4v) is 2.67. The van der Waals surface area contributed by atoms with E-state index in [2.05, 4.69) is 5.32 Å². The molecule has 0 bridgehead atoms. The zero-order chi connectivity index (χ0) is 14.2. The van der Waals surface area contributed by atoms with E-state index in [1.54, 1.807) is 14.0 Å². The third-order valence-electron chi connectivity index (χ3n) is 3.35.